The van der Waals surface area contributed by atoms with Gasteiger partial charge in [-0.3, -0.25) is 4.79 Å². The van der Waals surface area contributed by atoms with Crippen molar-refractivity contribution in [3.8, 4) is 0 Å². The summed E-state index contributed by atoms with van der Waals surface area (Å²) in [4.78, 5) is 20.8. The van der Waals surface area contributed by atoms with Crippen LogP contribution >= 0.6 is 22.9 Å². The molecule has 0 bridgehead atoms. The Balaban J connectivity index is 1.71. The SMILES string of the molecule is CN1C(N)=N[C@]2(c3sc(C(=O)Nc4cccc(C(F)(F)F)n4)cc3Cl)CCCOC2S1(=O)=O. The number of anilines is 1. The number of alkyl halides is 3. The van der Waals surface area contributed by atoms with Gasteiger partial charge in [-0.15, -0.1) is 11.3 Å². The van der Waals surface area contributed by atoms with E-state index in [9.17, 15) is 26.4 Å². The van der Waals surface area contributed by atoms with Gasteiger partial charge in [0.15, 0.2) is 0 Å². The van der Waals surface area contributed by atoms with Crippen LogP contribution in [0.15, 0.2) is 29.3 Å². The Kier molecular flexibility index (Phi) is 5.83. The lowest BCUT2D eigenvalue weighted by atomic mass is 9.91. The van der Waals surface area contributed by atoms with Crippen LogP contribution in [-0.4, -0.2) is 48.7 Å². The lowest BCUT2D eigenvalue weighted by molar-refractivity contribution is -0.141. The number of halogens is 4. The molecule has 33 heavy (non-hydrogen) atoms. The monoisotopic (exact) mass is 523 g/mol. The van der Waals surface area contributed by atoms with Gasteiger partial charge in [-0.05, 0) is 31.0 Å². The second-order valence-electron chi connectivity index (χ2n) is 7.36. The van der Waals surface area contributed by atoms with Crippen LogP contribution in [0.2, 0.25) is 5.02 Å². The minimum Gasteiger partial charge on any atom is -0.369 e. The third kappa shape index (κ3) is 4.05. The molecule has 15 heteroatoms. The number of nitrogens with two attached hydrogens (primary N) is 1. The fraction of sp³-hybridized carbons (Fsp3) is 0.389. The van der Waals surface area contributed by atoms with E-state index < -0.39 is 38.8 Å². The highest BCUT2D eigenvalue weighted by molar-refractivity contribution is 7.90. The Hall–Kier alpha value is -2.42. The van der Waals surface area contributed by atoms with Gasteiger partial charge in [0.05, 0.1) is 14.8 Å². The lowest BCUT2D eigenvalue weighted by Crippen LogP contribution is -2.59. The standard InChI is InChI=1S/C18H17ClF3N5O4S2/c1-27-16(23)26-17(6-3-7-31-15(17)33(27,29)30)13-9(19)8-10(32-13)14(28)25-12-5-2-4-11(24-12)18(20,21)22/h2,4-5,8,15H,3,6-7H2,1H3,(H2,23,26)(H,24,25,28)/t15?,17-/m0/s1. The zero-order valence-electron chi connectivity index (χ0n) is 16.9. The normalized spacial score (nSPS) is 24.7. The summed E-state index contributed by atoms with van der Waals surface area (Å²) in [5, 5.41) is 2.36. The number of guanidine groups is 1. The van der Waals surface area contributed by atoms with Crippen LogP contribution in [0.4, 0.5) is 19.0 Å². The molecule has 2 aromatic rings. The molecule has 0 radical (unpaired) electrons. The number of pyridine rings is 1. The van der Waals surface area contributed by atoms with Gasteiger partial charge in [-0.1, -0.05) is 17.7 Å². The summed E-state index contributed by atoms with van der Waals surface area (Å²) >= 11 is 7.26. The Morgan fingerprint density at radius 1 is 1.42 bits per heavy atom. The average Bonchev–Trinajstić information content (AvgIpc) is 3.14. The molecule has 0 spiro atoms. The van der Waals surface area contributed by atoms with E-state index in [0.29, 0.717) is 6.42 Å². The van der Waals surface area contributed by atoms with Gasteiger partial charge < -0.3 is 15.8 Å². The fourth-order valence-electron chi connectivity index (χ4n) is 3.66. The van der Waals surface area contributed by atoms with Gasteiger partial charge in [-0.2, -0.15) is 13.2 Å². The highest BCUT2D eigenvalue weighted by Crippen LogP contribution is 2.50. The van der Waals surface area contributed by atoms with E-state index >= 15 is 0 Å². The molecule has 4 rings (SSSR count). The summed E-state index contributed by atoms with van der Waals surface area (Å²) in [5.74, 6) is -1.32. The van der Waals surface area contributed by atoms with Crippen molar-refractivity contribution >= 4 is 50.6 Å². The van der Waals surface area contributed by atoms with Gasteiger partial charge in [0.2, 0.25) is 11.4 Å². The number of carbonyl (C=O) groups is 1. The van der Waals surface area contributed by atoms with Gasteiger partial charge in [-0.25, -0.2) is 22.7 Å². The van der Waals surface area contributed by atoms with Crippen molar-refractivity contribution in [1.82, 2.24) is 9.29 Å². The van der Waals surface area contributed by atoms with Crippen molar-refractivity contribution in [3.63, 3.8) is 0 Å². The predicted octanol–water partition coefficient (Wildman–Crippen LogP) is 2.99. The number of ether oxygens (including phenoxy) is 1. The highest BCUT2D eigenvalue weighted by atomic mass is 35.5. The molecule has 3 N–H and O–H groups in total. The van der Waals surface area contributed by atoms with Crippen molar-refractivity contribution in [2.45, 2.75) is 30.0 Å². The third-order valence-electron chi connectivity index (χ3n) is 5.24. The largest absolute Gasteiger partial charge is 0.433 e. The second-order valence-corrected chi connectivity index (χ2v) is 10.8. The maximum atomic E-state index is 13.0. The average molecular weight is 524 g/mol. The molecule has 2 aliphatic rings. The maximum absolute atomic E-state index is 13.0. The molecule has 9 nitrogen and oxygen atoms in total. The van der Waals surface area contributed by atoms with Gasteiger partial charge in [0, 0.05) is 13.7 Å². The van der Waals surface area contributed by atoms with E-state index in [1.807, 2.05) is 0 Å². The fourth-order valence-corrected chi connectivity index (χ4v) is 6.96. The van der Waals surface area contributed by atoms with E-state index in [1.165, 1.54) is 19.2 Å². The maximum Gasteiger partial charge on any atom is 0.433 e. The molecule has 1 amide bonds. The van der Waals surface area contributed by atoms with Crippen LogP contribution in [0.1, 0.15) is 33.1 Å². The molecule has 2 aliphatic heterocycles. The lowest BCUT2D eigenvalue weighted by Gasteiger charge is -2.44. The first kappa shape index (κ1) is 23.7. The number of fused-ring (bicyclic) bond motifs is 1. The molecule has 0 aliphatic carbocycles. The predicted molar refractivity (Wildman–Crippen MR) is 115 cm³/mol. The van der Waals surface area contributed by atoms with E-state index in [1.54, 1.807) is 0 Å². The summed E-state index contributed by atoms with van der Waals surface area (Å²) < 4.78 is 71.0. The van der Waals surface area contributed by atoms with Gasteiger partial charge in [0.25, 0.3) is 15.9 Å². The van der Waals surface area contributed by atoms with Crippen LogP contribution in [-0.2, 0) is 26.5 Å². The van der Waals surface area contributed by atoms with Crippen LogP contribution in [0.3, 0.4) is 0 Å². The highest BCUT2D eigenvalue weighted by Gasteiger charge is 2.57. The molecular formula is C18H17ClF3N5O4S2. The molecule has 2 aromatic heterocycles. The second kappa shape index (κ2) is 8.11. The van der Waals surface area contributed by atoms with Crippen LogP contribution in [0, 0.1) is 0 Å². The quantitative estimate of drug-likeness (QED) is 0.637. The number of nitrogens with zero attached hydrogens (tertiary/aromatic N) is 3. The van der Waals surface area contributed by atoms with Gasteiger partial charge in [0.1, 0.15) is 17.1 Å². The first-order chi connectivity index (χ1) is 15.4. The summed E-state index contributed by atoms with van der Waals surface area (Å²) in [6, 6.07) is 4.40. The van der Waals surface area contributed by atoms with Crippen molar-refractivity contribution < 1.29 is 31.1 Å². The van der Waals surface area contributed by atoms with E-state index in [-0.39, 0.29) is 39.6 Å². The number of hydrogen-bond acceptors (Lipinski definition) is 8. The number of rotatable bonds is 3. The third-order valence-corrected chi connectivity index (χ3v) is 8.96. The van der Waals surface area contributed by atoms with Gasteiger partial charge >= 0.3 is 6.18 Å². The molecule has 2 atom stereocenters. The van der Waals surface area contributed by atoms with E-state index in [4.69, 9.17) is 22.1 Å². The minimum atomic E-state index is -4.67. The van der Waals surface area contributed by atoms with Crippen LogP contribution in [0.5, 0.6) is 0 Å². The number of sulfonamides is 1. The number of thiophene rings is 1. The number of nitrogens with one attached hydrogen (secondary N) is 1. The Morgan fingerprint density at radius 2 is 2.15 bits per heavy atom. The molecule has 1 unspecified atom stereocenters. The molecule has 4 heterocycles. The van der Waals surface area contributed by atoms with Crippen LogP contribution < -0.4 is 11.1 Å². The smallest absolute Gasteiger partial charge is 0.369 e. The zero-order valence-corrected chi connectivity index (χ0v) is 19.3. The topological polar surface area (TPSA) is 127 Å². The Bertz CT molecular complexity index is 1250. The molecule has 0 saturated carbocycles. The molecule has 1 fully saturated rings. The number of hydrogen-bond donors (Lipinski definition) is 2. The van der Waals surface area contributed by atoms with Crippen molar-refractivity contribution in [3.05, 3.63) is 44.7 Å². The number of amides is 1. The van der Waals surface area contributed by atoms with Crippen LogP contribution in [0.25, 0.3) is 0 Å². The molecule has 178 valence electrons. The van der Waals surface area contributed by atoms with Crippen molar-refractivity contribution in [1.29, 1.82) is 0 Å². The number of aromatic nitrogens is 1. The first-order valence-corrected chi connectivity index (χ1v) is 12.2. The molecular weight excluding hydrogens is 507 g/mol. The summed E-state index contributed by atoms with van der Waals surface area (Å²) in [6.07, 6.45) is -3.95. The van der Waals surface area contributed by atoms with Crippen molar-refractivity contribution in [2.75, 3.05) is 19.0 Å². The van der Waals surface area contributed by atoms with Crippen molar-refractivity contribution in [2.24, 2.45) is 10.7 Å². The van der Waals surface area contributed by atoms with E-state index in [2.05, 4.69) is 15.3 Å². The summed E-state index contributed by atoms with van der Waals surface area (Å²) in [7, 11) is -2.77. The first-order valence-electron chi connectivity index (χ1n) is 9.46. The summed E-state index contributed by atoms with van der Waals surface area (Å²) in [5.41, 5.74) is 1.86. The Morgan fingerprint density at radius 3 is 2.85 bits per heavy atom. The minimum absolute atomic E-state index is 0.0259. The number of carbonyl (C=O) groups excluding carboxylic acids is 1. The summed E-state index contributed by atoms with van der Waals surface area (Å²) in [6.45, 7) is 0.187. The number of aliphatic imine (C=N–C) groups is 1. The van der Waals surface area contributed by atoms with E-state index in [0.717, 1.165) is 27.8 Å². The molecule has 1 saturated heterocycles. The zero-order chi connectivity index (χ0) is 24.2. The Labute approximate surface area is 195 Å². The molecule has 0 aromatic carbocycles.